The van der Waals surface area contributed by atoms with E-state index in [1.165, 1.54) is 18.2 Å². The normalized spacial score (nSPS) is 13.9. The third-order valence-electron chi connectivity index (χ3n) is 2.66. The molecular weight excluding hydrogens is 267 g/mol. The highest BCUT2D eigenvalue weighted by atomic mass is 35.5. The van der Waals surface area contributed by atoms with Crippen molar-refractivity contribution in [2.75, 3.05) is 0 Å². The Kier molecular flexibility index (Phi) is 4.35. The SMILES string of the molecule is CC(N)C(Oc1ccc(F)cc1Cl)c1ccncc1. The highest BCUT2D eigenvalue weighted by Crippen LogP contribution is 2.30. The molecule has 0 saturated carbocycles. The van der Waals surface area contributed by atoms with E-state index in [2.05, 4.69) is 4.98 Å². The van der Waals surface area contributed by atoms with Gasteiger partial charge in [0.1, 0.15) is 17.7 Å². The van der Waals surface area contributed by atoms with Crippen LogP contribution in [0.3, 0.4) is 0 Å². The van der Waals surface area contributed by atoms with Crippen LogP contribution < -0.4 is 10.5 Å². The van der Waals surface area contributed by atoms with Crippen LogP contribution in [0.4, 0.5) is 4.39 Å². The summed E-state index contributed by atoms with van der Waals surface area (Å²) >= 11 is 5.95. The standard InChI is InChI=1S/C14H14ClFN2O/c1-9(17)14(10-4-6-18-7-5-10)19-13-3-2-11(16)8-12(13)15/h2-9,14H,17H2,1H3. The van der Waals surface area contributed by atoms with Gasteiger partial charge >= 0.3 is 0 Å². The summed E-state index contributed by atoms with van der Waals surface area (Å²) in [5.41, 5.74) is 6.83. The molecule has 2 aromatic rings. The second-order valence-electron chi connectivity index (χ2n) is 4.25. The molecule has 1 aromatic carbocycles. The molecule has 0 aliphatic rings. The van der Waals surface area contributed by atoms with Gasteiger partial charge in [0.25, 0.3) is 0 Å². The molecule has 2 rings (SSSR count). The maximum absolute atomic E-state index is 13.0. The van der Waals surface area contributed by atoms with Crippen LogP contribution in [0, 0.1) is 5.82 Å². The minimum atomic E-state index is -0.404. The molecule has 0 spiro atoms. The van der Waals surface area contributed by atoms with Crippen LogP contribution in [0.1, 0.15) is 18.6 Å². The topological polar surface area (TPSA) is 48.1 Å². The van der Waals surface area contributed by atoms with Crippen LogP contribution in [-0.4, -0.2) is 11.0 Å². The number of ether oxygens (including phenoxy) is 1. The molecule has 100 valence electrons. The molecular formula is C14H14ClFN2O. The van der Waals surface area contributed by atoms with Gasteiger partial charge in [0.05, 0.1) is 5.02 Å². The summed E-state index contributed by atoms with van der Waals surface area (Å²) in [6, 6.07) is 7.40. The Morgan fingerprint density at radius 3 is 2.53 bits per heavy atom. The first-order chi connectivity index (χ1) is 9.08. The number of hydrogen-bond acceptors (Lipinski definition) is 3. The average Bonchev–Trinajstić information content (AvgIpc) is 2.38. The van der Waals surface area contributed by atoms with E-state index in [-0.39, 0.29) is 17.2 Å². The molecule has 2 N–H and O–H groups in total. The van der Waals surface area contributed by atoms with Gasteiger partial charge < -0.3 is 10.5 Å². The van der Waals surface area contributed by atoms with Gasteiger partial charge in [0.15, 0.2) is 0 Å². The van der Waals surface area contributed by atoms with Crippen molar-refractivity contribution in [3.8, 4) is 5.75 Å². The van der Waals surface area contributed by atoms with Crippen LogP contribution in [-0.2, 0) is 0 Å². The summed E-state index contributed by atoms with van der Waals surface area (Å²) in [7, 11) is 0. The number of nitrogens with zero attached hydrogens (tertiary/aromatic N) is 1. The molecule has 0 aliphatic heterocycles. The Labute approximate surface area is 116 Å². The van der Waals surface area contributed by atoms with Crippen molar-refractivity contribution in [3.63, 3.8) is 0 Å². The molecule has 1 aromatic heterocycles. The summed E-state index contributed by atoms with van der Waals surface area (Å²) in [6.07, 6.45) is 2.96. The summed E-state index contributed by atoms with van der Waals surface area (Å²) in [4.78, 5) is 3.95. The first-order valence-corrected chi connectivity index (χ1v) is 6.23. The van der Waals surface area contributed by atoms with Crippen LogP contribution in [0.2, 0.25) is 5.02 Å². The second kappa shape index (κ2) is 5.99. The minimum absolute atomic E-state index is 0.222. The molecule has 0 saturated heterocycles. The Hall–Kier alpha value is -1.65. The summed E-state index contributed by atoms with van der Waals surface area (Å²) in [6.45, 7) is 1.84. The quantitative estimate of drug-likeness (QED) is 0.934. The first kappa shape index (κ1) is 13.8. The number of benzene rings is 1. The van der Waals surface area contributed by atoms with Gasteiger partial charge in [0.2, 0.25) is 0 Å². The Bertz CT molecular complexity index is 548. The number of halogens is 2. The van der Waals surface area contributed by atoms with E-state index in [4.69, 9.17) is 22.1 Å². The van der Waals surface area contributed by atoms with E-state index in [0.29, 0.717) is 5.75 Å². The van der Waals surface area contributed by atoms with E-state index >= 15 is 0 Å². The predicted octanol–water partition coefficient (Wildman–Crippen LogP) is 3.34. The molecule has 2 atom stereocenters. The van der Waals surface area contributed by atoms with Crippen LogP contribution in [0.15, 0.2) is 42.7 Å². The van der Waals surface area contributed by atoms with Gasteiger partial charge in [-0.05, 0) is 42.8 Å². The summed E-state index contributed by atoms with van der Waals surface area (Å²) in [5.74, 6) is 0.000729. The van der Waals surface area contributed by atoms with Gasteiger partial charge in [-0.2, -0.15) is 0 Å². The fourth-order valence-corrected chi connectivity index (χ4v) is 1.95. The maximum atomic E-state index is 13.0. The molecule has 0 fully saturated rings. The first-order valence-electron chi connectivity index (χ1n) is 5.85. The van der Waals surface area contributed by atoms with E-state index in [9.17, 15) is 4.39 Å². The molecule has 3 nitrogen and oxygen atoms in total. The number of nitrogens with two attached hydrogens (primary N) is 1. The second-order valence-corrected chi connectivity index (χ2v) is 4.66. The molecule has 0 amide bonds. The van der Waals surface area contributed by atoms with Crippen molar-refractivity contribution in [2.45, 2.75) is 19.1 Å². The van der Waals surface area contributed by atoms with Gasteiger partial charge in [0, 0.05) is 18.4 Å². The molecule has 0 bridgehead atoms. The smallest absolute Gasteiger partial charge is 0.139 e. The zero-order valence-corrected chi connectivity index (χ0v) is 11.1. The van der Waals surface area contributed by atoms with E-state index in [1.54, 1.807) is 12.4 Å². The fourth-order valence-electron chi connectivity index (χ4n) is 1.74. The van der Waals surface area contributed by atoms with E-state index in [1.807, 2.05) is 19.1 Å². The monoisotopic (exact) mass is 280 g/mol. The molecule has 5 heteroatoms. The van der Waals surface area contributed by atoms with Crippen molar-refractivity contribution in [2.24, 2.45) is 5.73 Å². The van der Waals surface area contributed by atoms with Gasteiger partial charge in [-0.3, -0.25) is 4.98 Å². The van der Waals surface area contributed by atoms with Crippen molar-refractivity contribution in [1.29, 1.82) is 0 Å². The van der Waals surface area contributed by atoms with Crippen LogP contribution >= 0.6 is 11.6 Å². The predicted molar refractivity (Wildman–Crippen MR) is 72.7 cm³/mol. The zero-order valence-electron chi connectivity index (χ0n) is 10.4. The minimum Gasteiger partial charge on any atom is -0.483 e. The fraction of sp³-hybridized carbons (Fsp3) is 0.214. The lowest BCUT2D eigenvalue weighted by Gasteiger charge is -2.23. The maximum Gasteiger partial charge on any atom is 0.139 e. The van der Waals surface area contributed by atoms with E-state index < -0.39 is 5.82 Å². The molecule has 2 unspecified atom stereocenters. The third kappa shape index (κ3) is 3.43. The molecule has 1 heterocycles. The third-order valence-corrected chi connectivity index (χ3v) is 2.96. The molecule has 19 heavy (non-hydrogen) atoms. The Balaban J connectivity index is 2.27. The van der Waals surface area contributed by atoms with Crippen molar-refractivity contribution in [1.82, 2.24) is 4.98 Å². The van der Waals surface area contributed by atoms with Crippen LogP contribution in [0.25, 0.3) is 0 Å². The van der Waals surface area contributed by atoms with Crippen molar-refractivity contribution >= 4 is 11.6 Å². The number of hydrogen-bond donors (Lipinski definition) is 1. The number of rotatable bonds is 4. The lowest BCUT2D eigenvalue weighted by Crippen LogP contribution is -2.29. The lowest BCUT2D eigenvalue weighted by atomic mass is 10.1. The van der Waals surface area contributed by atoms with Gasteiger partial charge in [-0.1, -0.05) is 11.6 Å². The van der Waals surface area contributed by atoms with E-state index in [0.717, 1.165) is 5.56 Å². The summed E-state index contributed by atoms with van der Waals surface area (Å²) in [5, 5.41) is 0.222. The zero-order chi connectivity index (χ0) is 13.8. The highest BCUT2D eigenvalue weighted by molar-refractivity contribution is 6.32. The van der Waals surface area contributed by atoms with Gasteiger partial charge in [-0.15, -0.1) is 0 Å². The number of pyridine rings is 1. The molecule has 0 aliphatic carbocycles. The molecule has 0 radical (unpaired) electrons. The Morgan fingerprint density at radius 1 is 1.26 bits per heavy atom. The largest absolute Gasteiger partial charge is 0.483 e. The highest BCUT2D eigenvalue weighted by Gasteiger charge is 2.19. The Morgan fingerprint density at radius 2 is 1.95 bits per heavy atom. The van der Waals surface area contributed by atoms with Crippen LogP contribution in [0.5, 0.6) is 5.75 Å². The number of aromatic nitrogens is 1. The van der Waals surface area contributed by atoms with Gasteiger partial charge in [-0.25, -0.2) is 4.39 Å². The average molecular weight is 281 g/mol. The summed E-state index contributed by atoms with van der Waals surface area (Å²) < 4.78 is 18.8. The van der Waals surface area contributed by atoms with Crippen molar-refractivity contribution < 1.29 is 9.13 Å². The lowest BCUT2D eigenvalue weighted by molar-refractivity contribution is 0.180. The van der Waals surface area contributed by atoms with Crippen molar-refractivity contribution in [3.05, 3.63) is 59.1 Å².